The van der Waals surface area contributed by atoms with Gasteiger partial charge >= 0.3 is 11.9 Å². The van der Waals surface area contributed by atoms with Crippen LogP contribution in [0.3, 0.4) is 0 Å². The number of benzene rings is 7. The Bertz CT molecular complexity index is 3680. The number of hydrogen-bond acceptors (Lipinski definition) is 8. The first-order valence-electron chi connectivity index (χ1n) is 22.7. The van der Waals surface area contributed by atoms with Crippen molar-refractivity contribution in [2.75, 3.05) is 13.2 Å². The number of ether oxygens (including phenoxy) is 2. The molecule has 4 aromatic heterocycles. The van der Waals surface area contributed by atoms with Crippen LogP contribution in [0.15, 0.2) is 200 Å². The van der Waals surface area contributed by atoms with Crippen molar-refractivity contribution in [1.29, 1.82) is 0 Å². The van der Waals surface area contributed by atoms with Crippen LogP contribution in [-0.2, 0) is 15.9 Å². The first kappa shape index (κ1) is 41.8. The number of esters is 2. The molecule has 0 saturated carbocycles. The summed E-state index contributed by atoms with van der Waals surface area (Å²) < 4.78 is 11.9. The molecular formula is C60H42N4O4. The second kappa shape index (κ2) is 18.2. The highest BCUT2D eigenvalue weighted by atomic mass is 16.5. The zero-order valence-electron chi connectivity index (χ0n) is 37.1. The molecule has 0 atom stereocenters. The largest absolute Gasteiger partial charge is 0.461 e. The molecule has 0 radical (unpaired) electrons. The summed E-state index contributed by atoms with van der Waals surface area (Å²) in [5, 5.41) is 4.58. The molecule has 11 aromatic rings. The van der Waals surface area contributed by atoms with Gasteiger partial charge < -0.3 is 9.47 Å². The number of carbonyl (C=O) groups excluding carboxylic acids is 2. The van der Waals surface area contributed by atoms with Gasteiger partial charge in [-0.1, -0.05) is 164 Å². The van der Waals surface area contributed by atoms with E-state index in [1.54, 1.807) is 13.1 Å². The lowest BCUT2D eigenvalue weighted by molar-refractivity contribution is 0.0500. The van der Waals surface area contributed by atoms with Gasteiger partial charge in [-0.25, -0.2) is 19.6 Å². The highest BCUT2D eigenvalue weighted by Gasteiger charge is 2.26. The SMILES string of the molecule is CCOC(=O)c1nc2c(-c3ccccc3)cc(-c3ccccc3)cc2c2cc(CCOC(=O)c3nc4cccc(-c5ccccc5)c4c4ccnc(-c5ccccc5)c34)nc(-c3ccccc3)c12. The Morgan fingerprint density at radius 2 is 1.00 bits per heavy atom. The molecule has 8 nitrogen and oxygen atoms in total. The quantitative estimate of drug-likeness (QED) is 0.0934. The number of hydrogen-bond donors (Lipinski definition) is 0. The average Bonchev–Trinajstić information content (AvgIpc) is 3.40. The topological polar surface area (TPSA) is 104 Å². The fourth-order valence-corrected chi connectivity index (χ4v) is 9.23. The molecular weight excluding hydrogens is 841 g/mol. The molecule has 0 fully saturated rings. The lowest BCUT2D eigenvalue weighted by Gasteiger charge is -2.18. The number of aromatic nitrogens is 4. The summed E-state index contributed by atoms with van der Waals surface area (Å²) >= 11 is 0. The van der Waals surface area contributed by atoms with Gasteiger partial charge in [0.2, 0.25) is 0 Å². The lowest BCUT2D eigenvalue weighted by atomic mass is 9.91. The van der Waals surface area contributed by atoms with E-state index in [2.05, 4.69) is 54.6 Å². The van der Waals surface area contributed by atoms with E-state index in [4.69, 9.17) is 29.4 Å². The van der Waals surface area contributed by atoms with Gasteiger partial charge in [-0.2, -0.15) is 0 Å². The van der Waals surface area contributed by atoms with Crippen LogP contribution in [0, 0.1) is 0 Å². The summed E-state index contributed by atoms with van der Waals surface area (Å²) in [6.07, 6.45) is 2.05. The smallest absolute Gasteiger partial charge is 0.357 e. The van der Waals surface area contributed by atoms with Gasteiger partial charge in [0, 0.05) is 56.5 Å². The molecule has 7 aromatic carbocycles. The van der Waals surface area contributed by atoms with Crippen molar-refractivity contribution in [3.8, 4) is 55.9 Å². The minimum absolute atomic E-state index is 0.00392. The predicted octanol–water partition coefficient (Wildman–Crippen LogP) is 13.8. The van der Waals surface area contributed by atoms with Crippen LogP contribution in [0.25, 0.3) is 99.2 Å². The Morgan fingerprint density at radius 3 is 1.65 bits per heavy atom. The molecule has 0 unspecified atom stereocenters. The van der Waals surface area contributed by atoms with E-state index in [1.165, 1.54) is 0 Å². The minimum Gasteiger partial charge on any atom is -0.461 e. The van der Waals surface area contributed by atoms with E-state index in [0.29, 0.717) is 38.9 Å². The van der Waals surface area contributed by atoms with Crippen LogP contribution in [-0.4, -0.2) is 45.1 Å². The first-order valence-corrected chi connectivity index (χ1v) is 22.7. The van der Waals surface area contributed by atoms with Gasteiger partial charge in [-0.3, -0.25) is 9.97 Å². The maximum absolute atomic E-state index is 14.6. The van der Waals surface area contributed by atoms with Crippen LogP contribution in [0.4, 0.5) is 0 Å². The van der Waals surface area contributed by atoms with E-state index in [-0.39, 0.29) is 31.0 Å². The Kier molecular flexibility index (Phi) is 11.2. The van der Waals surface area contributed by atoms with Crippen LogP contribution < -0.4 is 0 Å². The maximum Gasteiger partial charge on any atom is 0.357 e. The van der Waals surface area contributed by atoms with Gasteiger partial charge in [-0.05, 0) is 75.8 Å². The number of pyridine rings is 4. The van der Waals surface area contributed by atoms with Crippen LogP contribution in [0.2, 0.25) is 0 Å². The normalized spacial score (nSPS) is 11.3. The van der Waals surface area contributed by atoms with Gasteiger partial charge in [0.05, 0.1) is 35.6 Å². The number of carbonyl (C=O) groups is 2. The standard InChI is InChI=1S/C60H42N4O4/c1-2-67-59(65)58-53-48(49-36-43(38-19-8-3-9-20-38)35-47(56(49)64-58)40-23-12-5-13-24-40)37-44(62-55(53)42-27-16-7-17-28-42)32-34-68-60(66)57-52-46(31-33-61-54(52)41-25-14-6-15-26-41)51-45(29-18-30-50(51)63-57)39-21-10-4-11-22-39/h3-31,33,35-37H,2,32,34H2,1H3. The first-order chi connectivity index (χ1) is 33.5. The van der Waals surface area contributed by atoms with Gasteiger partial charge in [-0.15, -0.1) is 0 Å². The zero-order valence-corrected chi connectivity index (χ0v) is 37.1. The van der Waals surface area contributed by atoms with E-state index in [1.807, 2.05) is 140 Å². The Balaban J connectivity index is 1.06. The average molecular weight is 883 g/mol. The van der Waals surface area contributed by atoms with Crippen molar-refractivity contribution in [1.82, 2.24) is 19.9 Å². The van der Waals surface area contributed by atoms with Crippen LogP contribution in [0.5, 0.6) is 0 Å². The molecule has 326 valence electrons. The van der Waals surface area contributed by atoms with Gasteiger partial charge in [0.1, 0.15) is 0 Å². The predicted molar refractivity (Wildman–Crippen MR) is 271 cm³/mol. The summed E-state index contributed by atoms with van der Waals surface area (Å²) in [6, 6.07) is 64.3. The van der Waals surface area contributed by atoms with Crippen molar-refractivity contribution in [3.63, 3.8) is 0 Å². The van der Waals surface area contributed by atoms with Crippen molar-refractivity contribution < 1.29 is 19.1 Å². The second-order valence-electron chi connectivity index (χ2n) is 16.4. The van der Waals surface area contributed by atoms with Crippen molar-refractivity contribution >= 4 is 55.3 Å². The van der Waals surface area contributed by atoms with Gasteiger partial charge in [0.25, 0.3) is 0 Å². The number of nitrogens with zero attached hydrogens (tertiary/aromatic N) is 4. The third-order valence-electron chi connectivity index (χ3n) is 12.3. The maximum atomic E-state index is 14.6. The van der Waals surface area contributed by atoms with Crippen molar-refractivity contribution in [2.24, 2.45) is 0 Å². The molecule has 0 bridgehead atoms. The highest BCUT2D eigenvalue weighted by Crippen LogP contribution is 2.42. The summed E-state index contributed by atoms with van der Waals surface area (Å²) in [5.74, 6) is -1.11. The van der Waals surface area contributed by atoms with E-state index < -0.39 is 11.9 Å². The number of rotatable bonds is 11. The summed E-state index contributed by atoms with van der Waals surface area (Å²) in [7, 11) is 0. The third-order valence-corrected chi connectivity index (χ3v) is 12.3. The fourth-order valence-electron chi connectivity index (χ4n) is 9.23. The van der Waals surface area contributed by atoms with E-state index in [9.17, 15) is 9.59 Å². The Labute approximate surface area is 392 Å². The molecule has 68 heavy (non-hydrogen) atoms. The fraction of sp³-hybridized carbons (Fsp3) is 0.0667. The molecule has 0 aliphatic rings. The lowest BCUT2D eigenvalue weighted by Crippen LogP contribution is -2.13. The monoisotopic (exact) mass is 882 g/mol. The molecule has 4 heterocycles. The Hall–Kier alpha value is -8.88. The second-order valence-corrected chi connectivity index (χ2v) is 16.4. The van der Waals surface area contributed by atoms with Crippen molar-refractivity contribution in [3.05, 3.63) is 217 Å². The van der Waals surface area contributed by atoms with E-state index >= 15 is 0 Å². The molecule has 0 saturated heterocycles. The molecule has 0 aliphatic heterocycles. The van der Waals surface area contributed by atoms with Crippen molar-refractivity contribution in [2.45, 2.75) is 13.3 Å². The molecule has 8 heteroatoms. The van der Waals surface area contributed by atoms with Gasteiger partial charge in [0.15, 0.2) is 11.4 Å². The third kappa shape index (κ3) is 7.77. The Morgan fingerprint density at radius 1 is 0.441 bits per heavy atom. The molecule has 0 spiro atoms. The highest BCUT2D eigenvalue weighted by molar-refractivity contribution is 6.21. The van der Waals surface area contributed by atoms with Crippen LogP contribution in [0.1, 0.15) is 33.6 Å². The molecule has 0 aliphatic carbocycles. The van der Waals surface area contributed by atoms with E-state index in [0.717, 1.165) is 66.1 Å². The number of fused-ring (bicyclic) bond motifs is 6. The molecule has 0 N–H and O–H groups in total. The summed E-state index contributed by atoms with van der Waals surface area (Å²) in [5.41, 5.74) is 11.1. The minimum atomic E-state index is -0.574. The summed E-state index contributed by atoms with van der Waals surface area (Å²) in [6.45, 7) is 1.96. The molecule has 11 rings (SSSR count). The summed E-state index contributed by atoms with van der Waals surface area (Å²) in [4.78, 5) is 49.0. The molecule has 0 amide bonds. The zero-order chi connectivity index (χ0) is 46.0. The van der Waals surface area contributed by atoms with Crippen LogP contribution >= 0.6 is 0 Å².